The summed E-state index contributed by atoms with van der Waals surface area (Å²) in [6.07, 6.45) is 0. The second kappa shape index (κ2) is 5.35. The minimum Gasteiger partial charge on any atom is -0.508 e. The van der Waals surface area contributed by atoms with Crippen LogP contribution in [0.3, 0.4) is 0 Å². The summed E-state index contributed by atoms with van der Waals surface area (Å²) < 4.78 is 0.916. The lowest BCUT2D eigenvalue weighted by Gasteiger charge is -2.04. The van der Waals surface area contributed by atoms with Gasteiger partial charge in [0.25, 0.3) is 5.91 Å². The highest BCUT2D eigenvalue weighted by Crippen LogP contribution is 2.28. The Morgan fingerprint density at radius 3 is 2.86 bits per heavy atom. The molecular weight excluding hydrogens is 308 g/mol. The van der Waals surface area contributed by atoms with E-state index in [0.717, 1.165) is 10.2 Å². The van der Waals surface area contributed by atoms with E-state index in [0.29, 0.717) is 21.3 Å². The van der Waals surface area contributed by atoms with Gasteiger partial charge in [0.2, 0.25) is 0 Å². The Labute approximate surface area is 130 Å². The van der Waals surface area contributed by atoms with Crippen molar-refractivity contribution < 1.29 is 9.90 Å². The Bertz CT molecular complexity index is 845. The molecular formula is C15H11ClN2O2S. The van der Waals surface area contributed by atoms with Crippen LogP contribution in [0.1, 0.15) is 15.9 Å². The third-order valence-electron chi connectivity index (χ3n) is 3.03. The molecule has 0 bridgehead atoms. The molecule has 0 fully saturated rings. The van der Waals surface area contributed by atoms with Gasteiger partial charge in [-0.25, -0.2) is 4.98 Å². The summed E-state index contributed by atoms with van der Waals surface area (Å²) in [5.74, 6) is -0.0931. The molecule has 3 aromatic rings. The van der Waals surface area contributed by atoms with Crippen LogP contribution in [0.15, 0.2) is 36.4 Å². The standard InChI is InChI=1S/C15H11ClN2O2S/c1-8-6-9(2-5-12(8)19)14(20)18-15-17-11-4-3-10(16)7-13(11)21-15/h2-7,19H,1H3,(H,17,18,20). The van der Waals surface area contributed by atoms with Crippen molar-refractivity contribution in [2.75, 3.05) is 5.32 Å². The van der Waals surface area contributed by atoms with Crippen LogP contribution in [0, 0.1) is 6.92 Å². The van der Waals surface area contributed by atoms with E-state index in [1.165, 1.54) is 17.4 Å². The number of hydrogen-bond acceptors (Lipinski definition) is 4. The van der Waals surface area contributed by atoms with Crippen molar-refractivity contribution in [3.8, 4) is 5.75 Å². The maximum atomic E-state index is 12.2. The van der Waals surface area contributed by atoms with E-state index in [1.807, 2.05) is 12.1 Å². The number of hydrogen-bond donors (Lipinski definition) is 2. The van der Waals surface area contributed by atoms with Crippen molar-refractivity contribution in [2.24, 2.45) is 0 Å². The number of phenolic OH excluding ortho intramolecular Hbond substituents is 1. The van der Waals surface area contributed by atoms with Crippen LogP contribution in [0.4, 0.5) is 5.13 Å². The zero-order chi connectivity index (χ0) is 15.0. The van der Waals surface area contributed by atoms with Crippen LogP contribution in [0.2, 0.25) is 5.02 Å². The van der Waals surface area contributed by atoms with Crippen molar-refractivity contribution >= 4 is 44.2 Å². The molecule has 0 unspecified atom stereocenters. The molecule has 0 aliphatic carbocycles. The van der Waals surface area contributed by atoms with E-state index in [9.17, 15) is 9.90 Å². The molecule has 1 heterocycles. The predicted octanol–water partition coefficient (Wildman–Crippen LogP) is 4.22. The number of halogens is 1. The lowest BCUT2D eigenvalue weighted by molar-refractivity contribution is 0.102. The molecule has 4 nitrogen and oxygen atoms in total. The maximum absolute atomic E-state index is 12.2. The number of phenols is 1. The summed E-state index contributed by atoms with van der Waals surface area (Å²) in [5, 5.41) is 13.4. The number of carbonyl (C=O) groups excluding carboxylic acids is 1. The fraction of sp³-hybridized carbons (Fsp3) is 0.0667. The number of nitrogens with one attached hydrogen (secondary N) is 1. The first-order valence-electron chi connectivity index (χ1n) is 6.20. The number of nitrogens with zero attached hydrogens (tertiary/aromatic N) is 1. The van der Waals surface area contributed by atoms with Crippen molar-refractivity contribution in [1.82, 2.24) is 4.98 Å². The van der Waals surface area contributed by atoms with Gasteiger partial charge in [-0.3, -0.25) is 10.1 Å². The molecule has 0 spiro atoms. The first kappa shape index (κ1) is 13.9. The van der Waals surface area contributed by atoms with E-state index >= 15 is 0 Å². The van der Waals surface area contributed by atoms with E-state index in [2.05, 4.69) is 10.3 Å². The van der Waals surface area contributed by atoms with Gasteiger partial charge in [-0.15, -0.1) is 0 Å². The van der Waals surface area contributed by atoms with Crippen LogP contribution in [0.5, 0.6) is 5.75 Å². The van der Waals surface area contributed by atoms with Gasteiger partial charge in [0.1, 0.15) is 5.75 Å². The highest BCUT2D eigenvalue weighted by molar-refractivity contribution is 7.22. The molecule has 0 saturated heterocycles. The molecule has 0 aliphatic rings. The lowest BCUT2D eigenvalue weighted by Crippen LogP contribution is -2.11. The van der Waals surface area contributed by atoms with Crippen molar-refractivity contribution in [1.29, 1.82) is 0 Å². The summed E-state index contributed by atoms with van der Waals surface area (Å²) in [5.41, 5.74) is 1.92. The molecule has 3 rings (SSSR count). The molecule has 6 heteroatoms. The maximum Gasteiger partial charge on any atom is 0.257 e. The number of fused-ring (bicyclic) bond motifs is 1. The Balaban J connectivity index is 1.87. The molecule has 0 radical (unpaired) electrons. The van der Waals surface area contributed by atoms with Gasteiger partial charge in [-0.1, -0.05) is 22.9 Å². The van der Waals surface area contributed by atoms with Crippen LogP contribution in [-0.4, -0.2) is 16.0 Å². The van der Waals surface area contributed by atoms with Crippen LogP contribution in [0.25, 0.3) is 10.2 Å². The average molecular weight is 319 g/mol. The molecule has 2 N–H and O–H groups in total. The Morgan fingerprint density at radius 1 is 1.29 bits per heavy atom. The van der Waals surface area contributed by atoms with Gasteiger partial charge in [0.05, 0.1) is 10.2 Å². The van der Waals surface area contributed by atoms with Gasteiger partial charge in [0, 0.05) is 10.6 Å². The number of thiazole rings is 1. The number of aryl methyl sites for hydroxylation is 1. The summed E-state index contributed by atoms with van der Waals surface area (Å²) in [6, 6.07) is 10.1. The summed E-state index contributed by atoms with van der Waals surface area (Å²) >= 11 is 7.29. The monoisotopic (exact) mass is 318 g/mol. The molecule has 0 saturated carbocycles. The number of anilines is 1. The molecule has 0 atom stereocenters. The van der Waals surface area contributed by atoms with E-state index in [-0.39, 0.29) is 11.7 Å². The molecule has 1 aromatic heterocycles. The largest absolute Gasteiger partial charge is 0.508 e. The number of amides is 1. The zero-order valence-electron chi connectivity index (χ0n) is 11.1. The van der Waals surface area contributed by atoms with Crippen molar-refractivity contribution in [3.63, 3.8) is 0 Å². The minimum atomic E-state index is -0.261. The van der Waals surface area contributed by atoms with Crippen LogP contribution in [-0.2, 0) is 0 Å². The van der Waals surface area contributed by atoms with Crippen molar-refractivity contribution in [2.45, 2.75) is 6.92 Å². The quantitative estimate of drug-likeness (QED) is 0.743. The normalized spacial score (nSPS) is 10.8. The minimum absolute atomic E-state index is 0.168. The van der Waals surface area contributed by atoms with Crippen LogP contribution < -0.4 is 5.32 Å². The molecule has 106 valence electrons. The van der Waals surface area contributed by atoms with Gasteiger partial charge in [-0.05, 0) is 48.9 Å². The number of benzene rings is 2. The Morgan fingerprint density at radius 2 is 2.10 bits per heavy atom. The molecule has 0 aliphatic heterocycles. The summed E-state index contributed by atoms with van der Waals surface area (Å²) in [4.78, 5) is 16.5. The van der Waals surface area contributed by atoms with Gasteiger partial charge >= 0.3 is 0 Å². The zero-order valence-corrected chi connectivity index (χ0v) is 12.6. The summed E-state index contributed by atoms with van der Waals surface area (Å²) in [7, 11) is 0. The SMILES string of the molecule is Cc1cc(C(=O)Nc2nc3ccc(Cl)cc3s2)ccc1O. The Hall–Kier alpha value is -2.11. The number of carbonyl (C=O) groups is 1. The molecule has 2 aromatic carbocycles. The first-order valence-corrected chi connectivity index (χ1v) is 7.39. The summed E-state index contributed by atoms with van der Waals surface area (Å²) in [6.45, 7) is 1.74. The first-order chi connectivity index (χ1) is 10.0. The fourth-order valence-corrected chi connectivity index (χ4v) is 3.05. The lowest BCUT2D eigenvalue weighted by atomic mass is 10.1. The smallest absolute Gasteiger partial charge is 0.257 e. The predicted molar refractivity (Wildman–Crippen MR) is 85.4 cm³/mol. The average Bonchev–Trinajstić information content (AvgIpc) is 2.83. The molecule has 1 amide bonds. The topological polar surface area (TPSA) is 62.2 Å². The number of rotatable bonds is 2. The van der Waals surface area contributed by atoms with E-state index in [4.69, 9.17) is 11.6 Å². The van der Waals surface area contributed by atoms with E-state index < -0.39 is 0 Å². The fourth-order valence-electron chi connectivity index (χ4n) is 1.92. The third kappa shape index (κ3) is 2.84. The highest BCUT2D eigenvalue weighted by atomic mass is 35.5. The van der Waals surface area contributed by atoms with E-state index in [1.54, 1.807) is 25.1 Å². The van der Waals surface area contributed by atoms with Gasteiger partial charge in [-0.2, -0.15) is 0 Å². The van der Waals surface area contributed by atoms with Gasteiger partial charge in [0.15, 0.2) is 5.13 Å². The van der Waals surface area contributed by atoms with Crippen LogP contribution >= 0.6 is 22.9 Å². The molecule has 21 heavy (non-hydrogen) atoms. The Kier molecular flexibility index (Phi) is 3.53. The highest BCUT2D eigenvalue weighted by Gasteiger charge is 2.11. The third-order valence-corrected chi connectivity index (χ3v) is 4.20. The number of aromatic hydroxyl groups is 1. The van der Waals surface area contributed by atoms with Crippen molar-refractivity contribution in [3.05, 3.63) is 52.5 Å². The second-order valence-corrected chi connectivity index (χ2v) is 6.05. The van der Waals surface area contributed by atoms with Gasteiger partial charge < -0.3 is 5.11 Å². The second-order valence-electron chi connectivity index (χ2n) is 4.59. The number of aromatic nitrogens is 1.